The number of halogens is 1. The summed E-state index contributed by atoms with van der Waals surface area (Å²) in [7, 11) is 0. The fraction of sp³-hybridized carbons (Fsp3) is 0.500. The van der Waals surface area contributed by atoms with Gasteiger partial charge in [0.15, 0.2) is 0 Å². The van der Waals surface area contributed by atoms with E-state index in [4.69, 9.17) is 23.1 Å². The Morgan fingerprint density at radius 2 is 1.75 bits per heavy atom. The molecule has 5 N–H and O–H groups in total. The Labute approximate surface area is 101 Å². The number of rotatable bonds is 2. The summed E-state index contributed by atoms with van der Waals surface area (Å²) in [5.74, 6) is 0. The second kappa shape index (κ2) is 4.83. The molecule has 0 amide bonds. The van der Waals surface area contributed by atoms with Crippen LogP contribution in [0.4, 0.5) is 17.1 Å². The fourth-order valence-electron chi connectivity index (χ4n) is 2.20. The van der Waals surface area contributed by atoms with Crippen molar-refractivity contribution in [3.8, 4) is 0 Å². The summed E-state index contributed by atoms with van der Waals surface area (Å²) in [6, 6.07) is 4.06. The van der Waals surface area contributed by atoms with Crippen LogP contribution in [0.25, 0.3) is 0 Å². The molecule has 88 valence electrons. The highest BCUT2D eigenvalue weighted by Gasteiger charge is 2.14. The van der Waals surface area contributed by atoms with Crippen molar-refractivity contribution in [2.24, 2.45) is 0 Å². The van der Waals surface area contributed by atoms with Gasteiger partial charge in [-0.25, -0.2) is 0 Å². The highest BCUT2D eigenvalue weighted by atomic mass is 35.5. The lowest BCUT2D eigenvalue weighted by atomic mass is 9.95. The topological polar surface area (TPSA) is 64.1 Å². The quantitative estimate of drug-likeness (QED) is 0.695. The Hall–Kier alpha value is -1.09. The Kier molecular flexibility index (Phi) is 3.44. The molecule has 3 nitrogen and oxygen atoms in total. The van der Waals surface area contributed by atoms with Crippen LogP contribution in [0, 0.1) is 0 Å². The molecule has 4 heteroatoms. The van der Waals surface area contributed by atoms with Crippen molar-refractivity contribution in [2.45, 2.75) is 38.1 Å². The van der Waals surface area contributed by atoms with Crippen LogP contribution in [-0.4, -0.2) is 6.04 Å². The van der Waals surface area contributed by atoms with E-state index >= 15 is 0 Å². The van der Waals surface area contributed by atoms with E-state index in [1.165, 1.54) is 32.1 Å². The Morgan fingerprint density at radius 3 is 2.44 bits per heavy atom. The van der Waals surface area contributed by atoms with E-state index in [9.17, 15) is 0 Å². The minimum absolute atomic E-state index is 0.520. The third-order valence-corrected chi connectivity index (χ3v) is 3.46. The summed E-state index contributed by atoms with van der Waals surface area (Å²) in [6.07, 6.45) is 6.35. The smallest absolute Gasteiger partial charge is 0.0657 e. The third kappa shape index (κ3) is 2.53. The number of benzene rings is 1. The number of hydrogen-bond donors (Lipinski definition) is 3. The number of nitrogens with one attached hydrogen (secondary N) is 1. The standard InChI is InChI=1S/C12H18ClN3/c13-9-6-11(15)12(7-10(9)14)16-8-4-2-1-3-5-8/h6-8,16H,1-5,14-15H2. The molecule has 0 radical (unpaired) electrons. The largest absolute Gasteiger partial charge is 0.397 e. The van der Waals surface area contributed by atoms with Crippen molar-refractivity contribution < 1.29 is 0 Å². The van der Waals surface area contributed by atoms with Crippen LogP contribution in [0.1, 0.15) is 32.1 Å². The molecule has 1 aliphatic carbocycles. The molecule has 1 aromatic rings. The van der Waals surface area contributed by atoms with Crippen molar-refractivity contribution in [1.82, 2.24) is 0 Å². The summed E-state index contributed by atoms with van der Waals surface area (Å²) >= 11 is 5.90. The number of hydrogen-bond acceptors (Lipinski definition) is 3. The number of nitrogen functional groups attached to an aromatic ring is 2. The van der Waals surface area contributed by atoms with Crippen LogP contribution in [0.5, 0.6) is 0 Å². The second-order valence-electron chi connectivity index (χ2n) is 4.44. The predicted octanol–water partition coefficient (Wildman–Crippen LogP) is 3.25. The first-order valence-electron chi connectivity index (χ1n) is 5.78. The van der Waals surface area contributed by atoms with Crippen LogP contribution < -0.4 is 16.8 Å². The maximum absolute atomic E-state index is 5.90. The minimum Gasteiger partial charge on any atom is -0.397 e. The molecule has 0 heterocycles. The van der Waals surface area contributed by atoms with Gasteiger partial charge in [0, 0.05) is 6.04 Å². The number of nitrogens with two attached hydrogens (primary N) is 2. The third-order valence-electron chi connectivity index (χ3n) is 3.13. The first-order valence-corrected chi connectivity index (χ1v) is 6.15. The normalized spacial score (nSPS) is 17.3. The molecule has 1 aliphatic rings. The van der Waals surface area contributed by atoms with Crippen molar-refractivity contribution in [3.63, 3.8) is 0 Å². The lowest BCUT2D eigenvalue weighted by Crippen LogP contribution is -2.22. The molecular formula is C12H18ClN3. The lowest BCUT2D eigenvalue weighted by Gasteiger charge is -2.24. The maximum atomic E-state index is 5.90. The first-order chi connectivity index (χ1) is 7.66. The van der Waals surface area contributed by atoms with Gasteiger partial charge in [0.2, 0.25) is 0 Å². The Morgan fingerprint density at radius 1 is 1.06 bits per heavy atom. The van der Waals surface area contributed by atoms with E-state index in [-0.39, 0.29) is 0 Å². The molecule has 0 saturated heterocycles. The summed E-state index contributed by atoms with van der Waals surface area (Å²) in [5.41, 5.74) is 13.8. The fourth-order valence-corrected chi connectivity index (χ4v) is 2.37. The van der Waals surface area contributed by atoms with E-state index < -0.39 is 0 Å². The SMILES string of the molecule is Nc1cc(NC2CCCCC2)c(N)cc1Cl. The van der Waals surface area contributed by atoms with Crippen molar-refractivity contribution in [3.05, 3.63) is 17.2 Å². The van der Waals surface area contributed by atoms with Crippen LogP contribution in [-0.2, 0) is 0 Å². The zero-order valence-corrected chi connectivity index (χ0v) is 10.1. The lowest BCUT2D eigenvalue weighted by molar-refractivity contribution is 0.463. The average Bonchev–Trinajstić information content (AvgIpc) is 2.27. The molecular weight excluding hydrogens is 222 g/mol. The van der Waals surface area contributed by atoms with Crippen molar-refractivity contribution >= 4 is 28.7 Å². The molecule has 1 fully saturated rings. The summed E-state index contributed by atoms with van der Waals surface area (Å²) in [6.45, 7) is 0. The van der Waals surface area contributed by atoms with Gasteiger partial charge >= 0.3 is 0 Å². The molecule has 0 atom stereocenters. The summed E-state index contributed by atoms with van der Waals surface area (Å²) in [5, 5.41) is 3.97. The van der Waals surface area contributed by atoms with Gasteiger partial charge < -0.3 is 16.8 Å². The van der Waals surface area contributed by atoms with Crippen LogP contribution >= 0.6 is 11.6 Å². The molecule has 0 spiro atoms. The summed E-state index contributed by atoms with van der Waals surface area (Å²) in [4.78, 5) is 0. The second-order valence-corrected chi connectivity index (χ2v) is 4.85. The minimum atomic E-state index is 0.520. The predicted molar refractivity (Wildman–Crippen MR) is 70.8 cm³/mol. The van der Waals surface area contributed by atoms with E-state index in [1.807, 2.05) is 6.07 Å². The highest BCUT2D eigenvalue weighted by Crippen LogP contribution is 2.31. The number of anilines is 3. The zero-order valence-electron chi connectivity index (χ0n) is 9.30. The van der Waals surface area contributed by atoms with Gasteiger partial charge in [-0.1, -0.05) is 30.9 Å². The average molecular weight is 240 g/mol. The van der Waals surface area contributed by atoms with Gasteiger partial charge in [0.25, 0.3) is 0 Å². The molecule has 1 saturated carbocycles. The monoisotopic (exact) mass is 239 g/mol. The molecule has 0 unspecified atom stereocenters. The van der Waals surface area contributed by atoms with E-state index in [0.29, 0.717) is 22.4 Å². The van der Waals surface area contributed by atoms with Crippen LogP contribution in [0.3, 0.4) is 0 Å². The maximum Gasteiger partial charge on any atom is 0.0657 e. The molecule has 0 bridgehead atoms. The van der Waals surface area contributed by atoms with Crippen molar-refractivity contribution in [1.29, 1.82) is 0 Å². The zero-order chi connectivity index (χ0) is 11.5. The van der Waals surface area contributed by atoms with Crippen LogP contribution in [0.15, 0.2) is 12.1 Å². The molecule has 1 aromatic carbocycles. The van der Waals surface area contributed by atoms with Gasteiger partial charge in [0.05, 0.1) is 22.1 Å². The van der Waals surface area contributed by atoms with Crippen LogP contribution in [0.2, 0.25) is 5.02 Å². The van der Waals surface area contributed by atoms with Crippen molar-refractivity contribution in [2.75, 3.05) is 16.8 Å². The molecule has 0 aromatic heterocycles. The summed E-state index contributed by atoms with van der Waals surface area (Å²) < 4.78 is 0. The molecule has 0 aliphatic heterocycles. The Balaban J connectivity index is 2.11. The van der Waals surface area contributed by atoms with Gasteiger partial charge in [-0.3, -0.25) is 0 Å². The first kappa shape index (κ1) is 11.4. The van der Waals surface area contributed by atoms with E-state index in [1.54, 1.807) is 6.07 Å². The van der Waals surface area contributed by atoms with Gasteiger partial charge in [-0.2, -0.15) is 0 Å². The van der Waals surface area contributed by atoms with E-state index in [2.05, 4.69) is 5.32 Å². The molecule has 16 heavy (non-hydrogen) atoms. The Bertz CT molecular complexity index is 373. The van der Waals surface area contributed by atoms with Gasteiger partial charge in [-0.15, -0.1) is 0 Å². The van der Waals surface area contributed by atoms with Gasteiger partial charge in [0.1, 0.15) is 0 Å². The highest BCUT2D eigenvalue weighted by molar-refractivity contribution is 6.33. The van der Waals surface area contributed by atoms with Gasteiger partial charge in [-0.05, 0) is 25.0 Å². The molecule has 2 rings (SSSR count). The van der Waals surface area contributed by atoms with E-state index in [0.717, 1.165) is 5.69 Å².